The van der Waals surface area contributed by atoms with E-state index in [-0.39, 0.29) is 0 Å². The lowest BCUT2D eigenvalue weighted by atomic mass is 9.95. The summed E-state index contributed by atoms with van der Waals surface area (Å²) in [6, 6.07) is 3.83. The molecule has 18 heavy (non-hydrogen) atoms. The number of aromatic nitrogens is 1. The van der Waals surface area contributed by atoms with Crippen LogP contribution in [0.2, 0.25) is 0 Å². The Kier molecular flexibility index (Phi) is 4.07. The molecule has 1 N–H and O–H groups in total. The van der Waals surface area contributed by atoms with Gasteiger partial charge in [-0.3, -0.25) is 0 Å². The first-order chi connectivity index (χ1) is 8.62. The molecule has 1 fully saturated rings. The molecule has 0 bridgehead atoms. The van der Waals surface area contributed by atoms with Gasteiger partial charge in [-0.25, -0.2) is 4.98 Å². The fraction of sp³-hybridized carbons (Fsp3) is 0.643. The zero-order chi connectivity index (χ0) is 13.0. The minimum Gasteiger partial charge on any atom is -0.490 e. The average molecular weight is 250 g/mol. The lowest BCUT2D eigenvalue weighted by Gasteiger charge is -2.37. The Morgan fingerprint density at radius 3 is 3.11 bits per heavy atom. The van der Waals surface area contributed by atoms with E-state index in [1.54, 1.807) is 6.20 Å². The summed E-state index contributed by atoms with van der Waals surface area (Å²) in [5, 5.41) is 10.2. The van der Waals surface area contributed by atoms with Gasteiger partial charge in [-0.2, -0.15) is 0 Å². The second-order valence-corrected chi connectivity index (χ2v) is 5.20. The third-order valence-corrected chi connectivity index (χ3v) is 3.19. The predicted octanol–water partition coefficient (Wildman–Crippen LogP) is 2.22. The van der Waals surface area contributed by atoms with Crippen molar-refractivity contribution in [3.05, 3.63) is 18.3 Å². The Bertz CT molecular complexity index is 393. The van der Waals surface area contributed by atoms with E-state index in [1.807, 2.05) is 19.1 Å². The predicted molar refractivity (Wildman–Crippen MR) is 72.1 cm³/mol. The van der Waals surface area contributed by atoms with Crippen LogP contribution < -0.4 is 9.64 Å². The van der Waals surface area contributed by atoms with Crippen LogP contribution in [0.4, 0.5) is 5.82 Å². The van der Waals surface area contributed by atoms with Gasteiger partial charge in [0, 0.05) is 19.3 Å². The monoisotopic (exact) mass is 250 g/mol. The van der Waals surface area contributed by atoms with Gasteiger partial charge in [-0.05, 0) is 38.3 Å². The highest BCUT2D eigenvalue weighted by Crippen LogP contribution is 2.30. The first-order valence-electron chi connectivity index (χ1n) is 6.67. The average Bonchev–Trinajstić information content (AvgIpc) is 2.35. The molecule has 0 aliphatic carbocycles. The van der Waals surface area contributed by atoms with Crippen molar-refractivity contribution in [2.75, 3.05) is 24.6 Å². The quantitative estimate of drug-likeness (QED) is 0.890. The third kappa shape index (κ3) is 3.13. The fourth-order valence-corrected chi connectivity index (χ4v) is 2.35. The maximum absolute atomic E-state index is 10.2. The molecule has 0 aromatic carbocycles. The number of anilines is 1. The smallest absolute Gasteiger partial charge is 0.171 e. The summed E-state index contributed by atoms with van der Waals surface area (Å²) >= 11 is 0. The lowest BCUT2D eigenvalue weighted by Crippen LogP contribution is -2.46. The minimum atomic E-state index is -0.627. The number of pyridine rings is 1. The second kappa shape index (κ2) is 5.57. The highest BCUT2D eigenvalue weighted by Gasteiger charge is 2.30. The minimum absolute atomic E-state index is 0.618. The first kappa shape index (κ1) is 13.1. The highest BCUT2D eigenvalue weighted by molar-refractivity contribution is 5.52. The van der Waals surface area contributed by atoms with E-state index >= 15 is 0 Å². The Balaban J connectivity index is 2.16. The van der Waals surface area contributed by atoms with Gasteiger partial charge in [-0.1, -0.05) is 6.92 Å². The molecular formula is C14H22N2O2. The van der Waals surface area contributed by atoms with Crippen molar-refractivity contribution < 1.29 is 9.84 Å². The molecule has 1 aliphatic rings. The summed E-state index contributed by atoms with van der Waals surface area (Å²) < 4.78 is 5.72. The molecular weight excluding hydrogens is 228 g/mol. The number of piperidine rings is 1. The maximum atomic E-state index is 10.2. The molecule has 1 unspecified atom stereocenters. The Morgan fingerprint density at radius 2 is 2.39 bits per heavy atom. The van der Waals surface area contributed by atoms with Crippen LogP contribution in [0, 0.1) is 0 Å². The van der Waals surface area contributed by atoms with Crippen molar-refractivity contribution in [3.8, 4) is 5.75 Å². The summed E-state index contributed by atoms with van der Waals surface area (Å²) in [6.45, 7) is 6.21. The van der Waals surface area contributed by atoms with E-state index in [9.17, 15) is 5.11 Å². The van der Waals surface area contributed by atoms with Crippen molar-refractivity contribution in [3.63, 3.8) is 0 Å². The van der Waals surface area contributed by atoms with E-state index in [4.69, 9.17) is 4.74 Å². The van der Waals surface area contributed by atoms with Crippen LogP contribution in [0.5, 0.6) is 5.75 Å². The number of β-amino-alcohol motifs (C(OH)–C–C–N with tert-alkyl or cyclic N) is 1. The van der Waals surface area contributed by atoms with E-state index in [0.29, 0.717) is 13.2 Å². The van der Waals surface area contributed by atoms with Crippen molar-refractivity contribution >= 4 is 5.82 Å². The van der Waals surface area contributed by atoms with Crippen LogP contribution >= 0.6 is 0 Å². The highest BCUT2D eigenvalue weighted by atomic mass is 16.5. The van der Waals surface area contributed by atoms with E-state index in [1.165, 1.54) is 0 Å². The summed E-state index contributed by atoms with van der Waals surface area (Å²) in [7, 11) is 0. The molecule has 1 aromatic heterocycles. The summed E-state index contributed by atoms with van der Waals surface area (Å²) in [5.74, 6) is 1.67. The van der Waals surface area contributed by atoms with Gasteiger partial charge >= 0.3 is 0 Å². The van der Waals surface area contributed by atoms with Crippen LogP contribution in [0.1, 0.15) is 33.1 Å². The van der Waals surface area contributed by atoms with Crippen LogP contribution in [-0.4, -0.2) is 35.4 Å². The summed E-state index contributed by atoms with van der Waals surface area (Å²) in [4.78, 5) is 6.53. The Labute approximate surface area is 109 Å². The van der Waals surface area contributed by atoms with Gasteiger partial charge in [0.25, 0.3) is 0 Å². The molecule has 0 spiro atoms. The molecule has 0 saturated carbocycles. The third-order valence-electron chi connectivity index (χ3n) is 3.19. The fourth-order valence-electron chi connectivity index (χ4n) is 2.35. The van der Waals surface area contributed by atoms with Gasteiger partial charge in [0.1, 0.15) is 0 Å². The zero-order valence-electron chi connectivity index (χ0n) is 11.2. The Morgan fingerprint density at radius 1 is 1.56 bits per heavy atom. The molecule has 2 rings (SSSR count). The zero-order valence-corrected chi connectivity index (χ0v) is 11.2. The summed E-state index contributed by atoms with van der Waals surface area (Å²) in [6.07, 6.45) is 4.59. The molecule has 100 valence electrons. The summed E-state index contributed by atoms with van der Waals surface area (Å²) in [5.41, 5.74) is -0.627. The van der Waals surface area contributed by atoms with Crippen LogP contribution in [0.25, 0.3) is 0 Å². The van der Waals surface area contributed by atoms with E-state index in [2.05, 4.69) is 16.8 Å². The molecule has 4 heteroatoms. The Hall–Kier alpha value is -1.29. The molecule has 1 aliphatic heterocycles. The molecule has 1 saturated heterocycles. The van der Waals surface area contributed by atoms with Gasteiger partial charge < -0.3 is 14.7 Å². The molecule has 0 amide bonds. The maximum Gasteiger partial charge on any atom is 0.171 e. The second-order valence-electron chi connectivity index (χ2n) is 5.20. The van der Waals surface area contributed by atoms with Crippen molar-refractivity contribution in [2.24, 2.45) is 0 Å². The number of ether oxygens (including phenoxy) is 1. The van der Waals surface area contributed by atoms with Gasteiger partial charge in [0.2, 0.25) is 0 Å². The number of hydrogen-bond donors (Lipinski definition) is 1. The molecule has 1 atom stereocenters. The van der Waals surface area contributed by atoms with Crippen LogP contribution in [0.3, 0.4) is 0 Å². The van der Waals surface area contributed by atoms with Gasteiger partial charge in [-0.15, -0.1) is 0 Å². The van der Waals surface area contributed by atoms with Gasteiger partial charge in [0.05, 0.1) is 12.2 Å². The topological polar surface area (TPSA) is 45.6 Å². The van der Waals surface area contributed by atoms with E-state index in [0.717, 1.165) is 37.4 Å². The van der Waals surface area contributed by atoms with Crippen molar-refractivity contribution in [1.29, 1.82) is 0 Å². The van der Waals surface area contributed by atoms with Crippen LogP contribution in [-0.2, 0) is 0 Å². The molecule has 2 heterocycles. The standard InChI is InChI=1S/C14H22N2O2/c1-3-10-18-12-6-4-8-15-13(12)16-9-5-7-14(2,17)11-16/h4,6,8,17H,3,5,7,9-11H2,1-2H3. The number of rotatable bonds is 4. The van der Waals surface area contributed by atoms with Crippen molar-refractivity contribution in [1.82, 2.24) is 4.98 Å². The largest absolute Gasteiger partial charge is 0.490 e. The lowest BCUT2D eigenvalue weighted by molar-refractivity contribution is 0.0445. The van der Waals surface area contributed by atoms with Gasteiger partial charge in [0.15, 0.2) is 11.6 Å². The van der Waals surface area contributed by atoms with Crippen LogP contribution in [0.15, 0.2) is 18.3 Å². The molecule has 0 radical (unpaired) electrons. The number of aliphatic hydroxyl groups is 1. The molecule has 4 nitrogen and oxygen atoms in total. The molecule has 1 aromatic rings. The number of hydrogen-bond acceptors (Lipinski definition) is 4. The SMILES string of the molecule is CCCOc1cccnc1N1CCCC(C)(O)C1. The normalized spacial score (nSPS) is 24.1. The van der Waals surface area contributed by atoms with Crippen molar-refractivity contribution in [2.45, 2.75) is 38.7 Å². The number of nitrogens with zero attached hydrogens (tertiary/aromatic N) is 2. The first-order valence-corrected chi connectivity index (χ1v) is 6.67. The van der Waals surface area contributed by atoms with E-state index < -0.39 is 5.60 Å².